The van der Waals surface area contributed by atoms with Gasteiger partial charge in [0.25, 0.3) is 0 Å². The summed E-state index contributed by atoms with van der Waals surface area (Å²) in [6.07, 6.45) is 2.59. The van der Waals surface area contributed by atoms with E-state index in [0.717, 1.165) is 18.4 Å². The largest absolute Gasteiger partial charge is 0.327 e. The van der Waals surface area contributed by atoms with Crippen LogP contribution in [0.4, 0.5) is 0 Å². The van der Waals surface area contributed by atoms with Crippen LogP contribution in [0.3, 0.4) is 0 Å². The molecule has 17 heavy (non-hydrogen) atoms. The van der Waals surface area contributed by atoms with E-state index in [4.69, 9.17) is 5.73 Å². The van der Waals surface area contributed by atoms with Crippen LogP contribution in [-0.2, 0) is 6.54 Å². The molecule has 0 radical (unpaired) electrons. The second kappa shape index (κ2) is 5.57. The molecular weight excluding hydrogens is 320 g/mol. The Morgan fingerprint density at radius 2 is 2.24 bits per heavy atom. The van der Waals surface area contributed by atoms with Crippen LogP contribution in [0.5, 0.6) is 0 Å². The Hall–Kier alpha value is 0.390. The number of hydrogen-bond acceptors (Lipinski definition) is 3. The van der Waals surface area contributed by atoms with E-state index >= 15 is 0 Å². The summed E-state index contributed by atoms with van der Waals surface area (Å²) in [7, 11) is 0. The van der Waals surface area contributed by atoms with Gasteiger partial charge >= 0.3 is 0 Å². The van der Waals surface area contributed by atoms with E-state index in [0.29, 0.717) is 6.04 Å². The number of rotatable bonds is 2. The van der Waals surface area contributed by atoms with Gasteiger partial charge in [-0.2, -0.15) is 0 Å². The third-order valence-corrected chi connectivity index (χ3v) is 5.67. The molecule has 1 saturated heterocycles. The number of thiophene rings is 1. The predicted molar refractivity (Wildman–Crippen MR) is 78.7 cm³/mol. The first kappa shape index (κ1) is 13.8. The molecule has 2 fully saturated rings. The van der Waals surface area contributed by atoms with E-state index in [2.05, 4.69) is 32.3 Å². The molecule has 96 valence electrons. The zero-order valence-corrected chi connectivity index (χ0v) is 12.9. The van der Waals surface area contributed by atoms with Crippen molar-refractivity contribution >= 4 is 39.7 Å². The molecule has 3 rings (SSSR count). The van der Waals surface area contributed by atoms with E-state index in [1.165, 1.54) is 35.3 Å². The molecule has 1 aliphatic carbocycles. The first-order chi connectivity index (χ1) is 7.72. The predicted octanol–water partition coefficient (Wildman–Crippen LogP) is 3.10. The average Bonchev–Trinajstić information content (AvgIpc) is 2.88. The summed E-state index contributed by atoms with van der Waals surface area (Å²) in [6.45, 7) is 3.57. The Labute approximate surface area is 121 Å². The summed E-state index contributed by atoms with van der Waals surface area (Å²) in [6, 6.07) is 2.70. The van der Waals surface area contributed by atoms with Crippen LogP contribution in [-0.4, -0.2) is 24.0 Å². The molecule has 0 bridgehead atoms. The maximum absolute atomic E-state index is 6.15. The van der Waals surface area contributed by atoms with Gasteiger partial charge < -0.3 is 5.73 Å². The zero-order valence-electron chi connectivity index (χ0n) is 9.64. The maximum atomic E-state index is 6.15. The van der Waals surface area contributed by atoms with Crippen molar-refractivity contribution in [3.63, 3.8) is 0 Å². The average molecular weight is 338 g/mol. The molecule has 3 atom stereocenters. The van der Waals surface area contributed by atoms with Crippen LogP contribution < -0.4 is 5.73 Å². The lowest BCUT2D eigenvalue weighted by Crippen LogP contribution is -2.30. The molecule has 1 aromatic heterocycles. The fourth-order valence-electron chi connectivity index (χ4n) is 3.19. The van der Waals surface area contributed by atoms with Crippen LogP contribution in [0.25, 0.3) is 0 Å². The van der Waals surface area contributed by atoms with Gasteiger partial charge in [0.1, 0.15) is 0 Å². The minimum absolute atomic E-state index is 0. The highest BCUT2D eigenvalue weighted by atomic mass is 79.9. The standard InChI is InChI=1S/C12H17BrN2S.ClH/c13-9-3-10(16-7-9)5-15-4-8-1-2-12(14)11(8)6-15;/h3,7-8,11-12H,1-2,4-6,14H2;1H. The Balaban J connectivity index is 0.00000108. The van der Waals surface area contributed by atoms with E-state index in [1.54, 1.807) is 0 Å². The van der Waals surface area contributed by atoms with Crippen molar-refractivity contribution < 1.29 is 0 Å². The summed E-state index contributed by atoms with van der Waals surface area (Å²) in [5.74, 6) is 1.64. The van der Waals surface area contributed by atoms with Gasteiger partial charge in [-0.05, 0) is 46.7 Å². The summed E-state index contributed by atoms with van der Waals surface area (Å²) >= 11 is 5.36. The minimum atomic E-state index is 0. The van der Waals surface area contributed by atoms with Crippen LogP contribution in [0.1, 0.15) is 17.7 Å². The number of likely N-dealkylation sites (tertiary alicyclic amines) is 1. The van der Waals surface area contributed by atoms with Gasteiger partial charge in [0.2, 0.25) is 0 Å². The lowest BCUT2D eigenvalue weighted by Gasteiger charge is -2.17. The number of fused-ring (bicyclic) bond motifs is 1. The number of halogens is 2. The highest BCUT2D eigenvalue weighted by Crippen LogP contribution is 2.38. The van der Waals surface area contributed by atoms with Crippen molar-refractivity contribution in [2.75, 3.05) is 13.1 Å². The van der Waals surface area contributed by atoms with Crippen molar-refractivity contribution in [1.29, 1.82) is 0 Å². The molecule has 0 spiro atoms. The topological polar surface area (TPSA) is 29.3 Å². The Morgan fingerprint density at radius 1 is 1.41 bits per heavy atom. The fourth-order valence-corrected chi connectivity index (χ4v) is 4.68. The lowest BCUT2D eigenvalue weighted by atomic mass is 9.98. The molecule has 2 aliphatic rings. The smallest absolute Gasteiger partial charge is 0.0328 e. The molecule has 1 aliphatic heterocycles. The second-order valence-electron chi connectivity index (χ2n) is 5.09. The van der Waals surface area contributed by atoms with Gasteiger partial charge in [0, 0.05) is 40.4 Å². The van der Waals surface area contributed by atoms with Crippen molar-refractivity contribution in [3.8, 4) is 0 Å². The van der Waals surface area contributed by atoms with Gasteiger partial charge in [0.15, 0.2) is 0 Å². The Kier molecular flexibility index (Phi) is 4.53. The molecule has 2 nitrogen and oxygen atoms in total. The summed E-state index contributed by atoms with van der Waals surface area (Å²) in [5.41, 5.74) is 6.15. The number of hydrogen-bond donors (Lipinski definition) is 1. The second-order valence-corrected chi connectivity index (χ2v) is 7.00. The fraction of sp³-hybridized carbons (Fsp3) is 0.667. The van der Waals surface area contributed by atoms with E-state index in [-0.39, 0.29) is 12.4 Å². The van der Waals surface area contributed by atoms with Gasteiger partial charge in [-0.3, -0.25) is 4.90 Å². The van der Waals surface area contributed by atoms with Crippen LogP contribution in [0.15, 0.2) is 15.9 Å². The van der Waals surface area contributed by atoms with Crippen LogP contribution in [0.2, 0.25) is 0 Å². The Morgan fingerprint density at radius 3 is 2.88 bits per heavy atom. The first-order valence-corrected chi connectivity index (χ1v) is 7.60. The van der Waals surface area contributed by atoms with Crippen molar-refractivity contribution in [2.24, 2.45) is 17.6 Å². The SMILES string of the molecule is Cl.NC1CCC2CN(Cc3cc(Br)cs3)CC12. The lowest BCUT2D eigenvalue weighted by molar-refractivity contribution is 0.300. The summed E-state index contributed by atoms with van der Waals surface area (Å²) in [4.78, 5) is 4.03. The number of nitrogens with zero attached hydrogens (tertiary/aromatic N) is 1. The molecule has 3 unspecified atom stereocenters. The normalized spacial score (nSPS) is 32.5. The van der Waals surface area contributed by atoms with E-state index in [1.807, 2.05) is 11.3 Å². The summed E-state index contributed by atoms with van der Waals surface area (Å²) in [5, 5.41) is 2.16. The van der Waals surface area contributed by atoms with E-state index in [9.17, 15) is 0 Å². The van der Waals surface area contributed by atoms with Crippen molar-refractivity contribution in [3.05, 3.63) is 20.8 Å². The molecule has 2 N–H and O–H groups in total. The number of nitrogens with two attached hydrogens (primary N) is 1. The minimum Gasteiger partial charge on any atom is -0.327 e. The first-order valence-electron chi connectivity index (χ1n) is 5.93. The van der Waals surface area contributed by atoms with E-state index < -0.39 is 0 Å². The van der Waals surface area contributed by atoms with Gasteiger partial charge in [-0.25, -0.2) is 0 Å². The third-order valence-electron chi connectivity index (χ3n) is 3.99. The summed E-state index contributed by atoms with van der Waals surface area (Å²) < 4.78 is 1.21. The molecule has 0 aromatic carbocycles. The van der Waals surface area contributed by atoms with Crippen molar-refractivity contribution in [1.82, 2.24) is 4.90 Å². The van der Waals surface area contributed by atoms with Crippen molar-refractivity contribution in [2.45, 2.75) is 25.4 Å². The highest BCUT2D eigenvalue weighted by Gasteiger charge is 2.40. The highest BCUT2D eigenvalue weighted by molar-refractivity contribution is 9.10. The van der Waals surface area contributed by atoms with Gasteiger partial charge in [-0.15, -0.1) is 23.7 Å². The molecule has 1 aromatic rings. The monoisotopic (exact) mass is 336 g/mol. The Bertz CT molecular complexity index is 384. The molecule has 0 amide bonds. The zero-order chi connectivity index (χ0) is 11.1. The molecular formula is C12H18BrClN2S. The van der Waals surface area contributed by atoms with Gasteiger partial charge in [-0.1, -0.05) is 0 Å². The quantitative estimate of drug-likeness (QED) is 0.898. The maximum Gasteiger partial charge on any atom is 0.0328 e. The molecule has 5 heteroatoms. The molecule has 1 saturated carbocycles. The molecule has 2 heterocycles. The third kappa shape index (κ3) is 2.87. The van der Waals surface area contributed by atoms with Crippen LogP contribution >= 0.6 is 39.7 Å². The van der Waals surface area contributed by atoms with Gasteiger partial charge in [0.05, 0.1) is 0 Å². The van der Waals surface area contributed by atoms with Crippen LogP contribution in [0, 0.1) is 11.8 Å².